The Morgan fingerprint density at radius 1 is 1.13 bits per heavy atom. The molecule has 7 heteroatoms. The Balaban J connectivity index is 2.47. The quantitative estimate of drug-likeness (QED) is 0.507. The maximum Gasteiger partial charge on any atom is 0.326 e. The summed E-state index contributed by atoms with van der Waals surface area (Å²) in [6.07, 6.45) is 0. The molecule has 0 aliphatic heterocycles. The number of rotatable bonds is 6. The van der Waals surface area contributed by atoms with Crippen molar-refractivity contribution in [3.63, 3.8) is 0 Å². The van der Waals surface area contributed by atoms with Crippen molar-refractivity contribution in [3.8, 4) is 0 Å². The van der Waals surface area contributed by atoms with Gasteiger partial charge in [0.2, 0.25) is 0 Å². The lowest BCUT2D eigenvalue weighted by atomic mass is 10.3. The molecule has 0 aliphatic rings. The summed E-state index contributed by atoms with van der Waals surface area (Å²) in [7, 11) is -3.86. The van der Waals surface area contributed by atoms with Crippen LogP contribution in [0.4, 0.5) is 5.69 Å². The average Bonchev–Trinajstić information content (AvgIpc) is 2.53. The van der Waals surface area contributed by atoms with Crippen molar-refractivity contribution >= 4 is 44.3 Å². The molecule has 0 heterocycles. The lowest BCUT2D eigenvalue weighted by Crippen LogP contribution is -2.36. The molecule has 23 heavy (non-hydrogen) atoms. The van der Waals surface area contributed by atoms with Crippen molar-refractivity contribution in [2.45, 2.75) is 11.8 Å². The van der Waals surface area contributed by atoms with Crippen LogP contribution in [-0.4, -0.2) is 27.5 Å². The number of carbonyl (C=O) groups excluding carboxylic acids is 1. The zero-order valence-electron chi connectivity index (χ0n) is 12.5. The highest BCUT2D eigenvalue weighted by atomic mass is 127. The van der Waals surface area contributed by atoms with Crippen molar-refractivity contribution in [1.82, 2.24) is 0 Å². The van der Waals surface area contributed by atoms with E-state index in [0.717, 1.165) is 7.88 Å². The molecule has 122 valence electrons. The molecule has 2 rings (SSSR count). The van der Waals surface area contributed by atoms with Crippen molar-refractivity contribution in [3.05, 3.63) is 58.2 Å². The molecule has 0 N–H and O–H groups in total. The molecule has 0 fully saturated rings. The lowest BCUT2D eigenvalue weighted by Gasteiger charge is -2.23. The maximum absolute atomic E-state index is 12.9. The van der Waals surface area contributed by atoms with Gasteiger partial charge in [-0.25, -0.2) is 8.42 Å². The number of ether oxygens (including phenoxy) is 1. The van der Waals surface area contributed by atoms with Gasteiger partial charge in [-0.3, -0.25) is 9.10 Å². The van der Waals surface area contributed by atoms with Crippen LogP contribution in [-0.2, 0) is 19.6 Å². The summed E-state index contributed by atoms with van der Waals surface area (Å²) < 4.78 is 32.7. The third kappa shape index (κ3) is 4.44. The Kier molecular flexibility index (Phi) is 6.00. The van der Waals surface area contributed by atoms with E-state index in [9.17, 15) is 13.2 Å². The predicted octanol–water partition coefficient (Wildman–Crippen LogP) is 3.05. The van der Waals surface area contributed by atoms with Crippen LogP contribution in [0.25, 0.3) is 0 Å². The van der Waals surface area contributed by atoms with E-state index in [4.69, 9.17) is 4.74 Å². The van der Waals surface area contributed by atoms with Gasteiger partial charge in [0, 0.05) is 3.57 Å². The monoisotopic (exact) mass is 445 g/mol. The van der Waals surface area contributed by atoms with E-state index < -0.39 is 16.0 Å². The molecule has 0 saturated heterocycles. The van der Waals surface area contributed by atoms with E-state index >= 15 is 0 Å². The highest BCUT2D eigenvalue weighted by Crippen LogP contribution is 2.25. The third-order valence-corrected chi connectivity index (χ3v) is 5.46. The van der Waals surface area contributed by atoms with E-state index in [0.29, 0.717) is 5.69 Å². The van der Waals surface area contributed by atoms with Crippen LogP contribution < -0.4 is 4.31 Å². The number of halogens is 1. The molecule has 2 aromatic rings. The number of sulfonamides is 1. The van der Waals surface area contributed by atoms with Crippen molar-refractivity contribution in [2.75, 3.05) is 17.5 Å². The highest BCUT2D eigenvalue weighted by molar-refractivity contribution is 14.1. The van der Waals surface area contributed by atoms with Crippen LogP contribution in [0, 0.1) is 3.57 Å². The average molecular weight is 445 g/mol. The molecule has 0 spiro atoms. The summed E-state index contributed by atoms with van der Waals surface area (Å²) in [6, 6.07) is 15.0. The fourth-order valence-electron chi connectivity index (χ4n) is 1.99. The van der Waals surface area contributed by atoms with E-state index in [1.807, 2.05) is 6.07 Å². The standard InChI is InChI=1S/C16H16INO4S/c1-2-22-16(19)12-18(14-8-6-7-13(17)11-14)23(20,21)15-9-4-3-5-10-15/h3-11H,2,12H2,1H3. The molecule has 0 unspecified atom stereocenters. The summed E-state index contributed by atoms with van der Waals surface area (Å²) in [5.41, 5.74) is 0.425. The number of anilines is 1. The molecule has 5 nitrogen and oxygen atoms in total. The number of hydrogen-bond acceptors (Lipinski definition) is 4. The number of hydrogen-bond donors (Lipinski definition) is 0. The van der Waals surface area contributed by atoms with Gasteiger partial charge in [-0.2, -0.15) is 0 Å². The van der Waals surface area contributed by atoms with Gasteiger partial charge in [0.1, 0.15) is 6.54 Å². The summed E-state index contributed by atoms with van der Waals surface area (Å²) in [6.45, 7) is 1.51. The van der Waals surface area contributed by atoms with Gasteiger partial charge in [-0.05, 0) is 59.8 Å². The van der Waals surface area contributed by atoms with Crippen molar-refractivity contribution in [1.29, 1.82) is 0 Å². The fraction of sp³-hybridized carbons (Fsp3) is 0.188. The molecular weight excluding hydrogens is 429 g/mol. The first-order chi connectivity index (χ1) is 10.9. The molecule has 0 saturated carbocycles. The first-order valence-electron chi connectivity index (χ1n) is 6.94. The van der Waals surface area contributed by atoms with Crippen LogP contribution in [0.5, 0.6) is 0 Å². The van der Waals surface area contributed by atoms with Crippen LogP contribution in [0.15, 0.2) is 59.5 Å². The molecule has 0 bridgehead atoms. The number of nitrogens with zero attached hydrogens (tertiary/aromatic N) is 1. The van der Waals surface area contributed by atoms with Crippen LogP contribution in [0.3, 0.4) is 0 Å². The topological polar surface area (TPSA) is 63.7 Å². The van der Waals surface area contributed by atoms with Gasteiger partial charge < -0.3 is 4.74 Å². The molecule has 2 aromatic carbocycles. The Morgan fingerprint density at radius 3 is 2.43 bits per heavy atom. The van der Waals surface area contributed by atoms with E-state index in [2.05, 4.69) is 22.6 Å². The van der Waals surface area contributed by atoms with Gasteiger partial charge in [-0.15, -0.1) is 0 Å². The molecular formula is C16H16INO4S. The highest BCUT2D eigenvalue weighted by Gasteiger charge is 2.27. The summed E-state index contributed by atoms with van der Waals surface area (Å²) in [4.78, 5) is 12.0. The Hall–Kier alpha value is -1.61. The number of esters is 1. The maximum atomic E-state index is 12.9. The third-order valence-electron chi connectivity index (χ3n) is 3.01. The molecule has 0 aliphatic carbocycles. The largest absolute Gasteiger partial charge is 0.465 e. The van der Waals surface area contributed by atoms with Gasteiger partial charge in [0.25, 0.3) is 10.0 Å². The molecule has 0 aromatic heterocycles. The normalized spacial score (nSPS) is 11.0. The SMILES string of the molecule is CCOC(=O)CN(c1cccc(I)c1)S(=O)(=O)c1ccccc1. The second-order valence-corrected chi connectivity index (χ2v) is 7.72. The zero-order chi connectivity index (χ0) is 16.9. The number of carbonyl (C=O) groups is 1. The smallest absolute Gasteiger partial charge is 0.326 e. The summed E-state index contributed by atoms with van der Waals surface area (Å²) in [5.74, 6) is -0.592. The second kappa shape index (κ2) is 7.78. The van der Waals surface area contributed by atoms with Crippen LogP contribution >= 0.6 is 22.6 Å². The minimum absolute atomic E-state index is 0.128. The van der Waals surface area contributed by atoms with Crippen molar-refractivity contribution < 1.29 is 17.9 Å². The molecule has 0 radical (unpaired) electrons. The predicted molar refractivity (Wildman–Crippen MR) is 96.8 cm³/mol. The number of benzene rings is 2. The Bertz CT molecular complexity index is 778. The van der Waals surface area contributed by atoms with Crippen LogP contribution in [0.2, 0.25) is 0 Å². The minimum atomic E-state index is -3.86. The Morgan fingerprint density at radius 2 is 1.83 bits per heavy atom. The molecule has 0 atom stereocenters. The zero-order valence-corrected chi connectivity index (χ0v) is 15.5. The van der Waals surface area contributed by atoms with E-state index in [1.54, 1.807) is 43.3 Å². The van der Waals surface area contributed by atoms with E-state index in [-0.39, 0.29) is 18.0 Å². The van der Waals surface area contributed by atoms with Crippen LogP contribution in [0.1, 0.15) is 6.92 Å². The Labute approximate surface area is 149 Å². The first kappa shape index (κ1) is 17.7. The van der Waals surface area contributed by atoms with Gasteiger partial charge in [0.05, 0.1) is 17.2 Å². The fourth-order valence-corrected chi connectivity index (χ4v) is 3.94. The minimum Gasteiger partial charge on any atom is -0.465 e. The van der Waals surface area contributed by atoms with Gasteiger partial charge in [0.15, 0.2) is 0 Å². The lowest BCUT2D eigenvalue weighted by molar-refractivity contribution is -0.141. The van der Waals surface area contributed by atoms with Gasteiger partial charge >= 0.3 is 5.97 Å². The molecule has 0 amide bonds. The second-order valence-electron chi connectivity index (χ2n) is 4.61. The summed E-state index contributed by atoms with van der Waals surface area (Å²) in [5, 5.41) is 0. The van der Waals surface area contributed by atoms with Gasteiger partial charge in [-0.1, -0.05) is 24.3 Å². The summed E-state index contributed by atoms with van der Waals surface area (Å²) >= 11 is 2.09. The van der Waals surface area contributed by atoms with E-state index in [1.165, 1.54) is 12.1 Å². The van der Waals surface area contributed by atoms with Crippen molar-refractivity contribution in [2.24, 2.45) is 0 Å². The first-order valence-corrected chi connectivity index (χ1v) is 9.46.